The Bertz CT molecular complexity index is 1300. The van der Waals surface area contributed by atoms with E-state index in [1.54, 1.807) is 18.2 Å². The molecular formula is C24H18F4N2O2S. The molecule has 4 nitrogen and oxygen atoms in total. The number of aromatic carboxylic acids is 1. The number of halogens is 4. The lowest BCUT2D eigenvalue weighted by Gasteiger charge is -2.14. The molecule has 3 N–H and O–H groups in total. The highest BCUT2D eigenvalue weighted by molar-refractivity contribution is 7.99. The van der Waals surface area contributed by atoms with Gasteiger partial charge in [-0.1, -0.05) is 48.2 Å². The van der Waals surface area contributed by atoms with Crippen LogP contribution in [0.15, 0.2) is 76.5 Å². The third-order valence-electron chi connectivity index (χ3n) is 5.05. The van der Waals surface area contributed by atoms with Crippen LogP contribution in [0.3, 0.4) is 0 Å². The molecular weight excluding hydrogens is 456 g/mol. The van der Waals surface area contributed by atoms with Gasteiger partial charge in [0.15, 0.2) is 0 Å². The molecule has 33 heavy (non-hydrogen) atoms. The van der Waals surface area contributed by atoms with E-state index in [4.69, 9.17) is 0 Å². The molecule has 0 unspecified atom stereocenters. The summed E-state index contributed by atoms with van der Waals surface area (Å²) in [6.45, 7) is -0.135. The third-order valence-corrected chi connectivity index (χ3v) is 6.18. The molecule has 0 saturated heterocycles. The van der Waals surface area contributed by atoms with Gasteiger partial charge in [-0.15, -0.1) is 0 Å². The van der Waals surface area contributed by atoms with Gasteiger partial charge in [0.1, 0.15) is 11.5 Å². The molecule has 1 aromatic heterocycles. The van der Waals surface area contributed by atoms with Crippen LogP contribution in [-0.2, 0) is 19.3 Å². The van der Waals surface area contributed by atoms with E-state index in [1.165, 1.54) is 11.8 Å². The van der Waals surface area contributed by atoms with Gasteiger partial charge < -0.3 is 15.4 Å². The second kappa shape index (κ2) is 9.29. The van der Waals surface area contributed by atoms with Crippen molar-refractivity contribution in [2.75, 3.05) is 0 Å². The highest BCUT2D eigenvalue weighted by atomic mass is 32.2. The van der Waals surface area contributed by atoms with Crippen LogP contribution in [-0.4, -0.2) is 16.1 Å². The highest BCUT2D eigenvalue weighted by Gasteiger charge is 2.34. The van der Waals surface area contributed by atoms with E-state index >= 15 is 0 Å². The molecule has 0 radical (unpaired) electrons. The average molecular weight is 474 g/mol. The number of H-pyrrole nitrogens is 1. The van der Waals surface area contributed by atoms with E-state index in [9.17, 15) is 27.5 Å². The molecule has 170 valence electrons. The predicted octanol–water partition coefficient (Wildman–Crippen LogP) is 6.47. The van der Waals surface area contributed by atoms with Crippen LogP contribution in [0.4, 0.5) is 17.6 Å². The summed E-state index contributed by atoms with van der Waals surface area (Å²) in [4.78, 5) is 16.1. The van der Waals surface area contributed by atoms with Crippen molar-refractivity contribution in [1.82, 2.24) is 10.3 Å². The summed E-state index contributed by atoms with van der Waals surface area (Å²) in [5, 5.41) is 13.2. The number of nitrogens with one attached hydrogen (secondary N) is 2. The van der Waals surface area contributed by atoms with Crippen molar-refractivity contribution in [3.8, 4) is 0 Å². The molecule has 0 saturated carbocycles. The van der Waals surface area contributed by atoms with Crippen LogP contribution in [0.2, 0.25) is 0 Å². The van der Waals surface area contributed by atoms with E-state index in [2.05, 4.69) is 10.3 Å². The zero-order valence-corrected chi connectivity index (χ0v) is 17.9. The first kappa shape index (κ1) is 22.9. The van der Waals surface area contributed by atoms with Gasteiger partial charge in [0.25, 0.3) is 0 Å². The SMILES string of the molecule is O=C(O)c1[nH]c2cc(CNCc3c(F)cccc3C(F)(F)F)ccc2c1Sc1ccccc1. The van der Waals surface area contributed by atoms with Crippen LogP contribution >= 0.6 is 11.8 Å². The molecule has 4 aromatic rings. The Hall–Kier alpha value is -3.30. The number of aromatic amines is 1. The number of hydrogen-bond acceptors (Lipinski definition) is 3. The van der Waals surface area contributed by atoms with E-state index in [0.717, 1.165) is 28.5 Å². The van der Waals surface area contributed by atoms with Crippen LogP contribution < -0.4 is 5.32 Å². The molecule has 1 heterocycles. The largest absolute Gasteiger partial charge is 0.477 e. The molecule has 0 fully saturated rings. The zero-order valence-electron chi connectivity index (χ0n) is 17.0. The number of benzene rings is 3. The molecule has 0 bridgehead atoms. The molecule has 9 heteroatoms. The van der Waals surface area contributed by atoms with Gasteiger partial charge in [-0.05, 0) is 35.9 Å². The highest BCUT2D eigenvalue weighted by Crippen LogP contribution is 2.37. The lowest BCUT2D eigenvalue weighted by atomic mass is 10.1. The number of carboxylic acid groups (broad SMARTS) is 1. The Kier molecular flexibility index (Phi) is 6.44. The first-order valence-corrected chi connectivity index (χ1v) is 10.7. The summed E-state index contributed by atoms with van der Waals surface area (Å²) in [6, 6.07) is 17.5. The van der Waals surface area contributed by atoms with E-state index < -0.39 is 29.1 Å². The number of carboxylic acids is 1. The lowest BCUT2D eigenvalue weighted by molar-refractivity contribution is -0.138. The number of hydrogen-bond donors (Lipinski definition) is 3. The molecule has 0 amide bonds. The number of carbonyl (C=O) groups is 1. The Labute approximate surface area is 190 Å². The Balaban J connectivity index is 1.56. The first-order valence-electron chi connectivity index (χ1n) is 9.90. The molecule has 4 rings (SSSR count). The molecule has 3 aromatic carbocycles. The normalized spacial score (nSPS) is 11.8. The van der Waals surface area contributed by atoms with Crippen molar-refractivity contribution in [3.63, 3.8) is 0 Å². The van der Waals surface area contributed by atoms with Gasteiger partial charge in [0.2, 0.25) is 0 Å². The smallest absolute Gasteiger partial charge is 0.416 e. The van der Waals surface area contributed by atoms with Gasteiger partial charge in [-0.2, -0.15) is 13.2 Å². The van der Waals surface area contributed by atoms with Crippen molar-refractivity contribution in [1.29, 1.82) is 0 Å². The minimum absolute atomic E-state index is 0.0603. The molecule has 0 aliphatic carbocycles. The summed E-state index contributed by atoms with van der Waals surface area (Å²) in [5.74, 6) is -2.02. The number of alkyl halides is 3. The maximum Gasteiger partial charge on any atom is 0.416 e. The van der Waals surface area contributed by atoms with Gasteiger partial charge in [0.05, 0.1) is 10.5 Å². The second-order valence-corrected chi connectivity index (χ2v) is 8.38. The quantitative estimate of drug-likeness (QED) is 0.269. The number of aromatic nitrogens is 1. The minimum atomic E-state index is -4.65. The Morgan fingerprint density at radius 2 is 1.76 bits per heavy atom. The fourth-order valence-corrected chi connectivity index (χ4v) is 4.58. The monoisotopic (exact) mass is 474 g/mol. The van der Waals surface area contributed by atoms with Gasteiger partial charge in [-0.25, -0.2) is 9.18 Å². The summed E-state index contributed by atoms with van der Waals surface area (Å²) in [7, 11) is 0. The maximum absolute atomic E-state index is 14.0. The summed E-state index contributed by atoms with van der Waals surface area (Å²) in [6.07, 6.45) is -4.65. The van der Waals surface area contributed by atoms with Crippen LogP contribution in [0.5, 0.6) is 0 Å². The predicted molar refractivity (Wildman–Crippen MR) is 118 cm³/mol. The van der Waals surface area contributed by atoms with Crippen molar-refractivity contribution in [2.24, 2.45) is 0 Å². The topological polar surface area (TPSA) is 65.1 Å². The fourth-order valence-electron chi connectivity index (χ4n) is 3.53. The Morgan fingerprint density at radius 1 is 1.00 bits per heavy atom. The first-order chi connectivity index (χ1) is 15.7. The van der Waals surface area contributed by atoms with E-state index in [1.807, 2.05) is 30.3 Å². The van der Waals surface area contributed by atoms with Crippen LogP contribution in [0.1, 0.15) is 27.2 Å². The minimum Gasteiger partial charge on any atom is -0.477 e. The molecule has 0 aliphatic heterocycles. The lowest BCUT2D eigenvalue weighted by Crippen LogP contribution is -2.18. The van der Waals surface area contributed by atoms with Crippen molar-refractivity contribution in [2.45, 2.75) is 29.1 Å². The van der Waals surface area contributed by atoms with Gasteiger partial charge >= 0.3 is 12.1 Å². The van der Waals surface area contributed by atoms with Gasteiger partial charge in [-0.3, -0.25) is 0 Å². The third kappa shape index (κ3) is 5.04. The molecule has 0 spiro atoms. The molecule has 0 atom stereocenters. The average Bonchev–Trinajstić information content (AvgIpc) is 3.13. The van der Waals surface area contributed by atoms with Crippen molar-refractivity contribution < 1.29 is 27.5 Å². The molecule has 0 aliphatic rings. The second-order valence-electron chi connectivity index (χ2n) is 7.30. The number of fused-ring (bicyclic) bond motifs is 1. The van der Waals surface area contributed by atoms with Gasteiger partial charge in [0, 0.05) is 34.5 Å². The maximum atomic E-state index is 14.0. The van der Waals surface area contributed by atoms with E-state index in [0.29, 0.717) is 16.0 Å². The van der Waals surface area contributed by atoms with Crippen molar-refractivity contribution >= 4 is 28.6 Å². The van der Waals surface area contributed by atoms with E-state index in [-0.39, 0.29) is 18.8 Å². The Morgan fingerprint density at radius 3 is 2.45 bits per heavy atom. The summed E-state index contributed by atoms with van der Waals surface area (Å²) in [5.41, 5.74) is -0.0943. The van der Waals surface area contributed by atoms with Crippen LogP contribution in [0, 0.1) is 5.82 Å². The summed E-state index contributed by atoms with van der Waals surface area (Å²) < 4.78 is 53.5. The summed E-state index contributed by atoms with van der Waals surface area (Å²) >= 11 is 1.33. The number of rotatable bonds is 7. The van der Waals surface area contributed by atoms with Crippen molar-refractivity contribution in [3.05, 3.63) is 94.9 Å². The van der Waals surface area contributed by atoms with Crippen LogP contribution in [0.25, 0.3) is 10.9 Å². The standard InChI is InChI=1S/C24H18F4N2O2S/c25-19-8-4-7-18(24(26,27)28)17(19)13-29-12-14-9-10-16-20(11-14)30-21(23(31)32)22(16)33-15-5-2-1-3-6-15/h1-11,29-30H,12-13H2,(H,31,32). The zero-order chi connectivity index (χ0) is 23.6. The fraction of sp³-hybridized carbons (Fsp3) is 0.125.